The van der Waals surface area contributed by atoms with E-state index in [1.54, 1.807) is 11.3 Å². The normalized spacial score (nSPS) is 21.0. The van der Waals surface area contributed by atoms with Crippen molar-refractivity contribution in [3.63, 3.8) is 0 Å². The second-order valence-electron chi connectivity index (χ2n) is 5.79. The number of fused-ring (bicyclic) bond motifs is 1. The predicted molar refractivity (Wildman–Crippen MR) is 103 cm³/mol. The molecular formula is C17H19BrClN3S. The van der Waals surface area contributed by atoms with E-state index in [0.29, 0.717) is 17.6 Å². The number of rotatable bonds is 3. The van der Waals surface area contributed by atoms with Crippen LogP contribution in [0.15, 0.2) is 10.5 Å². The van der Waals surface area contributed by atoms with Crippen molar-refractivity contribution in [2.24, 2.45) is 5.73 Å². The Labute approximate surface area is 154 Å². The van der Waals surface area contributed by atoms with Gasteiger partial charge in [-0.2, -0.15) is 0 Å². The van der Waals surface area contributed by atoms with Gasteiger partial charge in [0.15, 0.2) is 0 Å². The van der Waals surface area contributed by atoms with Crippen molar-refractivity contribution in [1.82, 2.24) is 4.98 Å². The SMILES string of the molecule is CC#CCNc1cc(Cl)nc2c(Br)c([C@@H]3CCCC[C@H]3N)sc12. The first-order valence-corrected chi connectivity index (χ1v) is 9.78. The van der Waals surface area contributed by atoms with Crippen LogP contribution in [-0.2, 0) is 0 Å². The van der Waals surface area contributed by atoms with Gasteiger partial charge in [0.25, 0.3) is 0 Å². The molecule has 1 saturated carbocycles. The molecule has 2 aromatic heterocycles. The summed E-state index contributed by atoms with van der Waals surface area (Å²) < 4.78 is 2.17. The first kappa shape index (κ1) is 17.0. The zero-order valence-electron chi connectivity index (χ0n) is 13.0. The summed E-state index contributed by atoms with van der Waals surface area (Å²) in [4.78, 5) is 5.81. The fourth-order valence-electron chi connectivity index (χ4n) is 3.11. The highest BCUT2D eigenvalue weighted by Gasteiger charge is 2.28. The van der Waals surface area contributed by atoms with Crippen molar-refractivity contribution >= 4 is 54.8 Å². The Morgan fingerprint density at radius 2 is 2.26 bits per heavy atom. The van der Waals surface area contributed by atoms with Crippen LogP contribution < -0.4 is 11.1 Å². The minimum atomic E-state index is 0.228. The van der Waals surface area contributed by atoms with E-state index in [1.807, 2.05) is 13.0 Å². The molecule has 3 N–H and O–H groups in total. The Morgan fingerprint density at radius 1 is 1.48 bits per heavy atom. The highest BCUT2D eigenvalue weighted by Crippen LogP contribution is 2.46. The van der Waals surface area contributed by atoms with Crippen molar-refractivity contribution in [2.45, 2.75) is 44.6 Å². The molecule has 23 heavy (non-hydrogen) atoms. The zero-order valence-corrected chi connectivity index (χ0v) is 16.1. The molecule has 122 valence electrons. The van der Waals surface area contributed by atoms with Crippen LogP contribution in [0, 0.1) is 11.8 Å². The van der Waals surface area contributed by atoms with Gasteiger partial charge in [0.2, 0.25) is 0 Å². The molecular weight excluding hydrogens is 394 g/mol. The van der Waals surface area contributed by atoms with Gasteiger partial charge in [0.05, 0.1) is 26.9 Å². The molecule has 0 spiro atoms. The second-order valence-corrected chi connectivity index (χ2v) is 8.02. The lowest BCUT2D eigenvalue weighted by atomic mass is 9.84. The number of anilines is 1. The van der Waals surface area contributed by atoms with Gasteiger partial charge in [-0.05, 0) is 35.7 Å². The fraction of sp³-hybridized carbons (Fsp3) is 0.471. The van der Waals surface area contributed by atoms with Crippen LogP contribution in [0.2, 0.25) is 5.15 Å². The predicted octanol–water partition coefficient (Wildman–Crippen LogP) is 5.13. The van der Waals surface area contributed by atoms with Crippen molar-refractivity contribution in [3.8, 4) is 11.8 Å². The number of nitrogens with zero attached hydrogens (tertiary/aromatic N) is 1. The largest absolute Gasteiger partial charge is 0.373 e. The van der Waals surface area contributed by atoms with Crippen molar-refractivity contribution in [1.29, 1.82) is 0 Å². The molecule has 0 bridgehead atoms. The molecule has 3 rings (SSSR count). The summed E-state index contributed by atoms with van der Waals surface area (Å²) in [5.41, 5.74) is 8.28. The monoisotopic (exact) mass is 411 g/mol. The molecule has 3 nitrogen and oxygen atoms in total. The number of thiophene rings is 1. The minimum Gasteiger partial charge on any atom is -0.373 e. The van der Waals surface area contributed by atoms with Crippen LogP contribution in [0.5, 0.6) is 0 Å². The lowest BCUT2D eigenvalue weighted by Crippen LogP contribution is -2.30. The molecule has 2 aromatic rings. The van der Waals surface area contributed by atoms with Gasteiger partial charge < -0.3 is 11.1 Å². The maximum Gasteiger partial charge on any atom is 0.131 e. The lowest BCUT2D eigenvalue weighted by molar-refractivity contribution is 0.389. The molecule has 1 aliphatic carbocycles. The van der Waals surface area contributed by atoms with Crippen LogP contribution in [0.4, 0.5) is 5.69 Å². The summed E-state index contributed by atoms with van der Waals surface area (Å²) in [7, 11) is 0. The number of hydrogen-bond donors (Lipinski definition) is 2. The average molecular weight is 413 g/mol. The van der Waals surface area contributed by atoms with Crippen molar-refractivity contribution in [3.05, 3.63) is 20.6 Å². The molecule has 1 aliphatic rings. The highest BCUT2D eigenvalue weighted by atomic mass is 79.9. The van der Waals surface area contributed by atoms with Gasteiger partial charge in [-0.25, -0.2) is 4.98 Å². The molecule has 0 unspecified atom stereocenters. The third-order valence-corrected chi connectivity index (χ3v) is 6.88. The number of nitrogens with one attached hydrogen (secondary N) is 1. The molecule has 6 heteroatoms. The molecule has 0 saturated heterocycles. The standard InChI is InChI=1S/C17H19BrClN3S/c1-2-3-8-21-12-9-13(19)22-15-14(18)16(23-17(12)15)10-6-4-5-7-11(10)20/h9-11H,4-8,20H2,1H3,(H,21,22)/t10-,11-/m1/s1. The van der Waals surface area contributed by atoms with E-state index in [-0.39, 0.29) is 6.04 Å². The van der Waals surface area contributed by atoms with Crippen LogP contribution in [0.3, 0.4) is 0 Å². The number of pyridine rings is 1. The third kappa shape index (κ3) is 3.51. The third-order valence-electron chi connectivity index (χ3n) is 4.28. The summed E-state index contributed by atoms with van der Waals surface area (Å²) in [6.07, 6.45) is 4.71. The van der Waals surface area contributed by atoms with Crippen LogP contribution in [0.25, 0.3) is 10.2 Å². The van der Waals surface area contributed by atoms with E-state index >= 15 is 0 Å². The van der Waals surface area contributed by atoms with E-state index in [9.17, 15) is 0 Å². The summed E-state index contributed by atoms with van der Waals surface area (Å²) in [5.74, 6) is 6.31. The lowest BCUT2D eigenvalue weighted by Gasteiger charge is -2.28. The fourth-order valence-corrected chi connectivity index (χ4v) is 5.59. The van der Waals surface area contributed by atoms with Crippen LogP contribution in [-0.4, -0.2) is 17.6 Å². The Bertz CT molecular complexity index is 777. The minimum absolute atomic E-state index is 0.228. The number of halogens is 2. The number of aromatic nitrogens is 1. The Kier molecular flexibility index (Phi) is 5.48. The van der Waals surface area contributed by atoms with E-state index in [1.165, 1.54) is 17.7 Å². The van der Waals surface area contributed by atoms with Crippen LogP contribution >= 0.6 is 38.9 Å². The van der Waals surface area contributed by atoms with Gasteiger partial charge in [0.1, 0.15) is 5.15 Å². The Balaban J connectivity index is 2.05. The molecule has 0 aromatic carbocycles. The van der Waals surface area contributed by atoms with Crippen LogP contribution in [0.1, 0.15) is 43.4 Å². The molecule has 0 aliphatic heterocycles. The summed E-state index contributed by atoms with van der Waals surface area (Å²) in [6.45, 7) is 2.43. The quantitative estimate of drug-likeness (QED) is 0.542. The zero-order chi connectivity index (χ0) is 16.4. The van der Waals surface area contributed by atoms with Gasteiger partial charge in [0, 0.05) is 22.9 Å². The summed E-state index contributed by atoms with van der Waals surface area (Å²) >= 11 is 11.7. The van der Waals surface area contributed by atoms with Crippen molar-refractivity contribution < 1.29 is 0 Å². The summed E-state index contributed by atoms with van der Waals surface area (Å²) in [5, 5.41) is 3.83. The molecule has 1 fully saturated rings. The van der Waals surface area contributed by atoms with Gasteiger partial charge in [-0.15, -0.1) is 17.3 Å². The first-order chi connectivity index (χ1) is 11.1. The Hall–Kier alpha value is -0.800. The Morgan fingerprint density at radius 3 is 3.00 bits per heavy atom. The number of nitrogens with two attached hydrogens (primary N) is 1. The van der Waals surface area contributed by atoms with Gasteiger partial charge in [-0.3, -0.25) is 0 Å². The van der Waals surface area contributed by atoms with E-state index in [0.717, 1.165) is 33.2 Å². The highest BCUT2D eigenvalue weighted by molar-refractivity contribution is 9.10. The average Bonchev–Trinajstić information content (AvgIpc) is 2.85. The first-order valence-electron chi connectivity index (χ1n) is 7.79. The smallest absolute Gasteiger partial charge is 0.131 e. The maximum absolute atomic E-state index is 6.37. The number of hydrogen-bond acceptors (Lipinski definition) is 4. The second kappa shape index (κ2) is 7.40. The van der Waals surface area contributed by atoms with E-state index < -0.39 is 0 Å². The maximum atomic E-state index is 6.37. The van der Waals surface area contributed by atoms with Crippen molar-refractivity contribution in [2.75, 3.05) is 11.9 Å². The van der Waals surface area contributed by atoms with Gasteiger partial charge >= 0.3 is 0 Å². The molecule has 0 radical (unpaired) electrons. The summed E-state index contributed by atoms with van der Waals surface area (Å²) in [6, 6.07) is 2.10. The molecule has 0 amide bonds. The molecule has 2 atom stereocenters. The van der Waals surface area contributed by atoms with E-state index in [2.05, 4.69) is 38.1 Å². The molecule has 2 heterocycles. The van der Waals surface area contributed by atoms with Gasteiger partial charge in [-0.1, -0.05) is 30.4 Å². The topological polar surface area (TPSA) is 50.9 Å². The van der Waals surface area contributed by atoms with E-state index in [4.69, 9.17) is 17.3 Å².